The van der Waals surface area contributed by atoms with Gasteiger partial charge >= 0.3 is 0 Å². The van der Waals surface area contributed by atoms with Gasteiger partial charge in [0.2, 0.25) is 5.88 Å². The van der Waals surface area contributed by atoms with Crippen LogP contribution in [-0.4, -0.2) is 15.8 Å². The van der Waals surface area contributed by atoms with Crippen LogP contribution >= 0.6 is 11.6 Å². The maximum absolute atomic E-state index is 6.05. The van der Waals surface area contributed by atoms with E-state index in [-0.39, 0.29) is 0 Å². The highest BCUT2D eigenvalue weighted by molar-refractivity contribution is 6.31. The summed E-state index contributed by atoms with van der Waals surface area (Å²) in [5.41, 5.74) is 3.06. The Balaban J connectivity index is 2.28. The minimum atomic E-state index is 0.412. The van der Waals surface area contributed by atoms with Crippen molar-refractivity contribution in [2.45, 2.75) is 40.3 Å². The van der Waals surface area contributed by atoms with Crippen molar-refractivity contribution in [2.75, 3.05) is 0 Å². The lowest BCUT2D eigenvalue weighted by molar-refractivity contribution is 0.422. The zero-order valence-electron chi connectivity index (χ0n) is 13.2. The van der Waals surface area contributed by atoms with Gasteiger partial charge in [-0.05, 0) is 37.6 Å². The van der Waals surface area contributed by atoms with Gasteiger partial charge in [0.05, 0.1) is 11.3 Å². The van der Waals surface area contributed by atoms with Gasteiger partial charge in [-0.3, -0.25) is 0 Å². The van der Waals surface area contributed by atoms with E-state index in [4.69, 9.17) is 16.3 Å². The van der Waals surface area contributed by atoms with E-state index in [1.54, 1.807) is 4.68 Å². The van der Waals surface area contributed by atoms with Crippen LogP contribution in [0.5, 0.6) is 11.6 Å². The molecule has 1 N–H and O–H groups in total. The van der Waals surface area contributed by atoms with Gasteiger partial charge < -0.3 is 10.1 Å². The molecule has 0 unspecified atom stereocenters. The Bertz CT molecular complexity index is 635. The molecule has 114 valence electrons. The van der Waals surface area contributed by atoms with E-state index >= 15 is 0 Å². The maximum atomic E-state index is 6.05. The Hall–Kier alpha value is -1.52. The van der Waals surface area contributed by atoms with Gasteiger partial charge in [0.25, 0.3) is 0 Å². The van der Waals surface area contributed by atoms with Crippen molar-refractivity contribution in [3.8, 4) is 11.6 Å². The van der Waals surface area contributed by atoms with E-state index in [0.29, 0.717) is 6.04 Å². The van der Waals surface area contributed by atoms with Gasteiger partial charge in [0.15, 0.2) is 0 Å². The van der Waals surface area contributed by atoms with E-state index in [1.807, 2.05) is 39.1 Å². The predicted molar refractivity (Wildman–Crippen MR) is 86.2 cm³/mol. The molecule has 4 nitrogen and oxygen atoms in total. The number of nitrogens with one attached hydrogen (secondary N) is 1. The number of nitrogens with zero attached hydrogens (tertiary/aromatic N) is 2. The SMILES string of the molecule is Cc1cc(Oc2c(CNC(C)C)c(C)nn2C)ccc1Cl. The zero-order valence-corrected chi connectivity index (χ0v) is 14.0. The molecule has 0 saturated carbocycles. The molecule has 1 aromatic heterocycles. The van der Waals surface area contributed by atoms with Crippen LogP contribution in [0.25, 0.3) is 0 Å². The standard InChI is InChI=1S/C16H22ClN3O/c1-10(2)18-9-14-12(4)19-20(5)16(14)21-13-6-7-15(17)11(3)8-13/h6-8,10,18H,9H2,1-5H3. The molecule has 0 spiro atoms. The summed E-state index contributed by atoms with van der Waals surface area (Å²) in [6.07, 6.45) is 0. The van der Waals surface area contributed by atoms with Gasteiger partial charge in [0, 0.05) is 24.7 Å². The monoisotopic (exact) mass is 307 g/mol. The molecule has 0 bridgehead atoms. The summed E-state index contributed by atoms with van der Waals surface area (Å²) < 4.78 is 7.81. The van der Waals surface area contributed by atoms with Crippen LogP contribution in [0.1, 0.15) is 30.7 Å². The van der Waals surface area contributed by atoms with Crippen molar-refractivity contribution in [3.63, 3.8) is 0 Å². The highest BCUT2D eigenvalue weighted by Gasteiger charge is 2.16. The fraction of sp³-hybridized carbons (Fsp3) is 0.438. The van der Waals surface area contributed by atoms with Crippen molar-refractivity contribution in [1.82, 2.24) is 15.1 Å². The first-order chi connectivity index (χ1) is 9.88. The first-order valence-electron chi connectivity index (χ1n) is 7.08. The lowest BCUT2D eigenvalue weighted by atomic mass is 10.2. The summed E-state index contributed by atoms with van der Waals surface area (Å²) in [5, 5.41) is 8.60. The smallest absolute Gasteiger partial charge is 0.222 e. The normalized spacial score (nSPS) is 11.2. The molecular weight excluding hydrogens is 286 g/mol. The first kappa shape index (κ1) is 15.9. The zero-order chi connectivity index (χ0) is 15.6. The summed E-state index contributed by atoms with van der Waals surface area (Å²) >= 11 is 6.05. The Labute approximate surface area is 131 Å². The number of rotatable bonds is 5. The Morgan fingerprint density at radius 2 is 2.05 bits per heavy atom. The van der Waals surface area contributed by atoms with Crippen molar-refractivity contribution in [2.24, 2.45) is 7.05 Å². The molecule has 0 aliphatic carbocycles. The fourth-order valence-corrected chi connectivity index (χ4v) is 2.23. The molecule has 2 aromatic rings. The van der Waals surface area contributed by atoms with Gasteiger partial charge in [-0.25, -0.2) is 4.68 Å². The minimum absolute atomic E-state index is 0.412. The maximum Gasteiger partial charge on any atom is 0.222 e. The number of hydrogen-bond donors (Lipinski definition) is 1. The molecule has 0 aliphatic heterocycles. The molecule has 2 rings (SSSR count). The molecule has 1 heterocycles. The first-order valence-corrected chi connectivity index (χ1v) is 7.46. The van der Waals surface area contributed by atoms with Crippen LogP contribution in [0.4, 0.5) is 0 Å². The number of hydrogen-bond acceptors (Lipinski definition) is 3. The highest BCUT2D eigenvalue weighted by atomic mass is 35.5. The van der Waals surface area contributed by atoms with E-state index in [9.17, 15) is 0 Å². The average molecular weight is 308 g/mol. The quantitative estimate of drug-likeness (QED) is 0.908. The summed E-state index contributed by atoms with van der Waals surface area (Å²) in [6, 6.07) is 6.07. The van der Waals surface area contributed by atoms with Gasteiger partial charge in [-0.15, -0.1) is 0 Å². The van der Waals surface area contributed by atoms with Gasteiger partial charge in [-0.2, -0.15) is 5.10 Å². The summed E-state index contributed by atoms with van der Waals surface area (Å²) in [5.74, 6) is 1.54. The third kappa shape index (κ3) is 3.77. The molecule has 21 heavy (non-hydrogen) atoms. The van der Waals surface area contributed by atoms with E-state index < -0.39 is 0 Å². The number of ether oxygens (including phenoxy) is 1. The molecule has 0 aliphatic rings. The molecule has 0 fully saturated rings. The van der Waals surface area contributed by atoms with Crippen LogP contribution in [0.2, 0.25) is 5.02 Å². The van der Waals surface area contributed by atoms with Crippen LogP contribution < -0.4 is 10.1 Å². The number of aromatic nitrogens is 2. The molecular formula is C16H22ClN3O. The van der Waals surface area contributed by atoms with Crippen LogP contribution in [0.3, 0.4) is 0 Å². The topological polar surface area (TPSA) is 39.1 Å². The molecule has 1 aromatic carbocycles. The van der Waals surface area contributed by atoms with Crippen LogP contribution in [-0.2, 0) is 13.6 Å². The third-order valence-corrected chi connectivity index (χ3v) is 3.74. The lowest BCUT2D eigenvalue weighted by Gasteiger charge is -2.12. The van der Waals surface area contributed by atoms with E-state index in [2.05, 4.69) is 24.3 Å². The van der Waals surface area contributed by atoms with Crippen molar-refractivity contribution >= 4 is 11.6 Å². The van der Waals surface area contributed by atoms with E-state index in [0.717, 1.165) is 40.0 Å². The average Bonchev–Trinajstić information content (AvgIpc) is 2.66. The van der Waals surface area contributed by atoms with Crippen LogP contribution in [0.15, 0.2) is 18.2 Å². The van der Waals surface area contributed by atoms with E-state index in [1.165, 1.54) is 0 Å². The predicted octanol–water partition coefficient (Wildman–Crippen LogP) is 3.98. The minimum Gasteiger partial charge on any atom is -0.439 e. The van der Waals surface area contributed by atoms with Crippen molar-refractivity contribution < 1.29 is 4.74 Å². The molecule has 0 saturated heterocycles. The second-order valence-electron chi connectivity index (χ2n) is 5.54. The second-order valence-corrected chi connectivity index (χ2v) is 5.95. The summed E-state index contributed by atoms with van der Waals surface area (Å²) in [4.78, 5) is 0. The second kappa shape index (κ2) is 6.50. The Kier molecular flexibility index (Phi) is 4.91. The molecule has 0 amide bonds. The lowest BCUT2D eigenvalue weighted by Crippen LogP contribution is -2.22. The van der Waals surface area contributed by atoms with Crippen molar-refractivity contribution in [3.05, 3.63) is 40.0 Å². The molecule has 0 atom stereocenters. The molecule has 5 heteroatoms. The fourth-order valence-electron chi connectivity index (χ4n) is 2.11. The highest BCUT2D eigenvalue weighted by Crippen LogP contribution is 2.29. The van der Waals surface area contributed by atoms with Crippen molar-refractivity contribution in [1.29, 1.82) is 0 Å². The number of halogens is 1. The summed E-state index contributed by atoms with van der Waals surface area (Å²) in [7, 11) is 1.89. The van der Waals surface area contributed by atoms with Gasteiger partial charge in [0.1, 0.15) is 5.75 Å². The Morgan fingerprint density at radius 1 is 1.33 bits per heavy atom. The van der Waals surface area contributed by atoms with Crippen LogP contribution in [0, 0.1) is 13.8 Å². The van der Waals surface area contributed by atoms with Gasteiger partial charge in [-0.1, -0.05) is 25.4 Å². The number of aryl methyl sites for hydroxylation is 3. The molecule has 0 radical (unpaired) electrons. The number of benzene rings is 1. The largest absolute Gasteiger partial charge is 0.439 e. The third-order valence-electron chi connectivity index (χ3n) is 3.32. The summed E-state index contributed by atoms with van der Waals surface area (Å²) in [6.45, 7) is 8.94. The Morgan fingerprint density at radius 3 is 2.67 bits per heavy atom.